The first kappa shape index (κ1) is 47.4. The molecule has 4 aliphatic carbocycles. The van der Waals surface area contributed by atoms with Gasteiger partial charge in [0.05, 0.1) is 29.7 Å². The highest BCUT2D eigenvalue weighted by atomic mass is 28.3. The lowest BCUT2D eigenvalue weighted by atomic mass is 9.39. The van der Waals surface area contributed by atoms with Crippen molar-refractivity contribution in [3.63, 3.8) is 0 Å². The topological polar surface area (TPSA) is 160 Å². The monoisotopic (exact) mass is 899 g/mol. The molecule has 4 aromatic heterocycles. The number of carboxylic acids is 1. The number of hydrogen-bond donors (Lipinski definition) is 1. The summed E-state index contributed by atoms with van der Waals surface area (Å²) in [7, 11) is 0.458. The van der Waals surface area contributed by atoms with Crippen LogP contribution in [0.2, 0.25) is 25.7 Å². The third kappa shape index (κ3) is 10.4. The Hall–Kier alpha value is -4.60. The summed E-state index contributed by atoms with van der Waals surface area (Å²) >= 11 is 0. The molecule has 4 aromatic rings. The molecule has 4 fully saturated rings. The number of amides is 1. The lowest BCUT2D eigenvalue weighted by Crippen LogP contribution is -2.64. The minimum Gasteiger partial charge on any atom is -0.478 e. The molecule has 4 saturated carbocycles. The predicted octanol–water partition coefficient (Wildman–Crippen LogP) is 10.2. The number of hydrogen-bond acceptors (Lipinski definition) is 10. The highest BCUT2D eigenvalue weighted by molar-refractivity contribution is 6.76. The number of aromatic carboxylic acids is 1. The van der Waals surface area contributed by atoms with Crippen molar-refractivity contribution in [1.82, 2.24) is 29.2 Å². The van der Waals surface area contributed by atoms with E-state index in [4.69, 9.17) is 34.0 Å². The van der Waals surface area contributed by atoms with E-state index in [-0.39, 0.29) is 45.9 Å². The largest absolute Gasteiger partial charge is 0.478 e. The van der Waals surface area contributed by atoms with Gasteiger partial charge in [0.25, 0.3) is 0 Å². The minimum absolute atomic E-state index is 0.0566. The van der Waals surface area contributed by atoms with Gasteiger partial charge in [0.15, 0.2) is 5.69 Å². The van der Waals surface area contributed by atoms with Crippen LogP contribution in [0, 0.1) is 23.2 Å². The fourth-order valence-electron chi connectivity index (χ4n) is 11.6. The maximum absolute atomic E-state index is 14.1. The third-order valence-corrected chi connectivity index (χ3v) is 14.7. The molecule has 1 N–H and O–H groups in total. The van der Waals surface area contributed by atoms with Gasteiger partial charge in [-0.05, 0) is 127 Å². The highest BCUT2D eigenvalue weighted by Gasteiger charge is 2.66. The predicted molar refractivity (Wildman–Crippen MR) is 249 cm³/mol. The van der Waals surface area contributed by atoms with Gasteiger partial charge in [-0.15, -0.1) is 0 Å². The van der Waals surface area contributed by atoms with Crippen molar-refractivity contribution >= 4 is 37.1 Å². The number of aromatic nitrogens is 5. The van der Waals surface area contributed by atoms with Crippen molar-refractivity contribution in [2.75, 3.05) is 26.8 Å². The Bertz CT molecular complexity index is 2420. The second kappa shape index (κ2) is 16.7. The summed E-state index contributed by atoms with van der Waals surface area (Å²) in [6, 6.07) is 6.46. The average Bonchev–Trinajstić information content (AvgIpc) is 3.68. The summed E-state index contributed by atoms with van der Waals surface area (Å²) in [5.74, 6) is -1.64. The van der Waals surface area contributed by atoms with Crippen LogP contribution in [0.15, 0.2) is 36.8 Å². The minimum atomic E-state index is -1.30. The molecular weight excluding hydrogens is 829 g/mol. The molecule has 4 aliphatic rings. The van der Waals surface area contributed by atoms with Gasteiger partial charge in [-0.1, -0.05) is 33.5 Å². The van der Waals surface area contributed by atoms with Crippen molar-refractivity contribution in [2.45, 2.75) is 157 Å². The second-order valence-electron chi connectivity index (χ2n) is 23.3. The first-order valence-electron chi connectivity index (χ1n) is 22.7. The molecule has 14 nitrogen and oxygen atoms in total. The summed E-state index contributed by atoms with van der Waals surface area (Å²) in [5.41, 5.74) is 2.58. The summed E-state index contributed by atoms with van der Waals surface area (Å²) in [6.07, 6.45) is 10.9. The Morgan fingerprint density at radius 3 is 2.19 bits per heavy atom. The molecule has 1 amide bonds. The average molecular weight is 899 g/mol. The van der Waals surface area contributed by atoms with Crippen LogP contribution in [0.1, 0.15) is 120 Å². The number of rotatable bonds is 15. The maximum atomic E-state index is 14.1. The molecule has 4 heterocycles. The molecule has 2 unspecified atom stereocenters. The molecule has 4 bridgehead atoms. The summed E-state index contributed by atoms with van der Waals surface area (Å²) < 4.78 is 28.2. The number of carbonyl (C=O) groups is 3. The van der Waals surface area contributed by atoms with E-state index < -0.39 is 31.2 Å². The number of nitrogens with zero attached hydrogens (tertiary/aromatic N) is 6. The summed E-state index contributed by atoms with van der Waals surface area (Å²) in [5, 5.41) is 15.6. The molecule has 0 radical (unpaired) electrons. The normalized spacial score (nSPS) is 24.3. The zero-order valence-corrected chi connectivity index (χ0v) is 41.4. The summed E-state index contributed by atoms with van der Waals surface area (Å²) in [6.45, 7) is 27.2. The molecule has 0 aromatic carbocycles. The first-order valence-corrected chi connectivity index (χ1v) is 26.4. The highest BCUT2D eigenvalue weighted by Crippen LogP contribution is 2.72. The molecular formula is C49H70N6O8Si. The van der Waals surface area contributed by atoms with Gasteiger partial charge in [-0.3, -0.25) is 4.68 Å². The number of pyridine rings is 2. The van der Waals surface area contributed by atoms with Crippen LogP contribution in [0.3, 0.4) is 0 Å². The maximum Gasteiger partial charge on any atom is 0.410 e. The zero-order chi connectivity index (χ0) is 46.8. The van der Waals surface area contributed by atoms with E-state index in [0.717, 1.165) is 55.8 Å². The van der Waals surface area contributed by atoms with E-state index in [2.05, 4.69) is 38.2 Å². The van der Waals surface area contributed by atoms with Crippen molar-refractivity contribution in [3.05, 3.63) is 53.7 Å². The molecule has 348 valence electrons. The lowest BCUT2D eigenvalue weighted by molar-refractivity contribution is -0.248. The van der Waals surface area contributed by atoms with Gasteiger partial charge in [-0.2, -0.15) is 5.10 Å². The van der Waals surface area contributed by atoms with Gasteiger partial charge in [-0.25, -0.2) is 24.4 Å². The Morgan fingerprint density at radius 2 is 1.56 bits per heavy atom. The van der Waals surface area contributed by atoms with Crippen LogP contribution in [-0.4, -0.2) is 104 Å². The molecule has 0 aliphatic heterocycles. The number of ether oxygens (including phenoxy) is 4. The van der Waals surface area contributed by atoms with E-state index in [9.17, 15) is 19.5 Å². The third-order valence-electron chi connectivity index (χ3n) is 13.0. The van der Waals surface area contributed by atoms with E-state index in [0.29, 0.717) is 54.2 Å². The van der Waals surface area contributed by atoms with Crippen molar-refractivity contribution < 1.29 is 38.4 Å². The van der Waals surface area contributed by atoms with Gasteiger partial charge in [0, 0.05) is 75.0 Å². The van der Waals surface area contributed by atoms with Gasteiger partial charge in [0.1, 0.15) is 23.6 Å². The zero-order valence-electron chi connectivity index (χ0n) is 40.4. The van der Waals surface area contributed by atoms with Crippen molar-refractivity contribution in [3.8, 4) is 22.4 Å². The van der Waals surface area contributed by atoms with Gasteiger partial charge in [0.2, 0.25) is 0 Å². The van der Waals surface area contributed by atoms with Crippen molar-refractivity contribution in [2.24, 2.45) is 16.2 Å². The Labute approximate surface area is 379 Å². The van der Waals surface area contributed by atoms with Crippen molar-refractivity contribution in [1.29, 1.82) is 0 Å². The number of carboxylic acid groups (broad SMARTS) is 1. The SMILES string of the molecule is Cc1c(-c2ccc(-c3cnc4c(c3)c(C(=O)O)cn4COCC[Si](C)(C)C)nc2C(=O)OC(C)(C)C)cnn1CC12CC3(C)CC(C)(C1)CC(OCCN(C)C(=O)OC(C)(C)C)(C3)C2. The van der Waals surface area contributed by atoms with E-state index in [1.165, 1.54) is 0 Å². The van der Waals surface area contributed by atoms with Crippen LogP contribution in [0.4, 0.5) is 4.79 Å². The molecule has 8 rings (SSSR count). The number of likely N-dealkylation sites (N-methyl/N-ethyl adjacent to an activating group) is 1. The van der Waals surface area contributed by atoms with E-state index in [1.54, 1.807) is 35.0 Å². The Kier molecular flexibility index (Phi) is 12.3. The number of esters is 1. The second-order valence-corrected chi connectivity index (χ2v) is 28.9. The quantitative estimate of drug-likeness (QED) is 0.0687. The smallest absolute Gasteiger partial charge is 0.410 e. The van der Waals surface area contributed by atoms with Crippen LogP contribution in [0.25, 0.3) is 33.4 Å². The molecule has 2 atom stereocenters. The fraction of sp³-hybridized carbons (Fsp3) is 0.633. The number of carbonyl (C=O) groups excluding carboxylic acids is 2. The molecule has 64 heavy (non-hydrogen) atoms. The lowest BCUT2D eigenvalue weighted by Gasteiger charge is -2.69. The fourth-order valence-corrected chi connectivity index (χ4v) is 12.4. The van der Waals surface area contributed by atoms with E-state index in [1.807, 2.05) is 66.8 Å². The summed E-state index contributed by atoms with van der Waals surface area (Å²) in [4.78, 5) is 50.4. The van der Waals surface area contributed by atoms with Gasteiger partial charge < -0.3 is 33.5 Å². The Morgan fingerprint density at radius 1 is 0.891 bits per heavy atom. The van der Waals surface area contributed by atoms with Crippen LogP contribution in [0.5, 0.6) is 0 Å². The Balaban J connectivity index is 1.17. The standard InChI is InChI=1S/C49H70N6O8Si/c1-32-36(22-51-55(32)30-48-25-46(8)24-47(9,26-48)28-49(27-46,29-48)61-17-16-53(10)43(59)63-45(5,6)7)34-14-15-38(52-39(34)42(58)62-44(2,3)4)33-20-35-37(41(56)57)23-54(40(35)50-21-33)31-60-18-19-64(11,12)13/h14-15,20-23H,16-19,24-31H2,1-13H3,(H,56,57). The van der Waals surface area contributed by atoms with Crippen LogP contribution < -0.4 is 0 Å². The first-order chi connectivity index (χ1) is 29.6. The molecule has 15 heteroatoms. The molecule has 0 saturated heterocycles. The van der Waals surface area contributed by atoms with E-state index >= 15 is 0 Å². The van der Waals surface area contributed by atoms with Crippen LogP contribution in [-0.2, 0) is 32.2 Å². The number of fused-ring (bicyclic) bond motifs is 1. The van der Waals surface area contributed by atoms with Gasteiger partial charge >= 0.3 is 18.0 Å². The molecule has 0 spiro atoms. The van der Waals surface area contributed by atoms with Crippen LogP contribution >= 0.6 is 0 Å².